The van der Waals surface area contributed by atoms with Crippen LogP contribution in [0.3, 0.4) is 0 Å². The molecule has 42 heavy (non-hydrogen) atoms. The molecule has 0 saturated carbocycles. The first-order chi connectivity index (χ1) is 20.7. The summed E-state index contributed by atoms with van der Waals surface area (Å²) >= 11 is 6.54. The van der Waals surface area contributed by atoms with Crippen molar-refractivity contribution in [1.82, 2.24) is 4.98 Å². The van der Waals surface area contributed by atoms with Crippen LogP contribution in [-0.4, -0.2) is 19.9 Å². The molecule has 4 heteroatoms. The van der Waals surface area contributed by atoms with Gasteiger partial charge in [-0.1, -0.05) is 0 Å². The second kappa shape index (κ2) is 10.2. The van der Waals surface area contributed by atoms with Crippen molar-refractivity contribution in [2.45, 2.75) is 6.92 Å². The van der Waals surface area contributed by atoms with Crippen LogP contribution in [-0.2, 0) is 0 Å². The number of benzene rings is 6. The van der Waals surface area contributed by atoms with Gasteiger partial charge in [0, 0.05) is 0 Å². The summed E-state index contributed by atoms with van der Waals surface area (Å²) in [4.78, 5) is 7.86. The number of aromatic nitrogens is 1. The van der Waals surface area contributed by atoms with Gasteiger partial charge in [-0.15, -0.1) is 0 Å². The second-order valence-corrected chi connectivity index (χ2v) is 13.3. The average Bonchev–Trinajstić information content (AvgIpc) is 3.04. The van der Waals surface area contributed by atoms with Crippen LogP contribution < -0.4 is 13.8 Å². The Morgan fingerprint density at radius 1 is 0.619 bits per heavy atom. The van der Waals surface area contributed by atoms with Crippen molar-refractivity contribution >= 4 is 74.2 Å². The first-order valence-corrected chi connectivity index (χ1v) is 16.1. The SMILES string of the molecule is Cc1ccc(N2c3ccccc3[Se]c3ccccc32)c2nc(-c3ccc(Cl)cc3)cc(-c3cccc4ccccc34)c12. The summed E-state index contributed by atoms with van der Waals surface area (Å²) in [5.74, 6) is 0. The van der Waals surface area contributed by atoms with E-state index in [1.54, 1.807) is 0 Å². The van der Waals surface area contributed by atoms with E-state index in [-0.39, 0.29) is 15.0 Å². The molecule has 0 fully saturated rings. The molecule has 200 valence electrons. The summed E-state index contributed by atoms with van der Waals surface area (Å²) < 4.78 is 2.75. The van der Waals surface area contributed by atoms with Crippen molar-refractivity contribution in [2.24, 2.45) is 0 Å². The molecule has 1 aromatic heterocycles. The average molecular weight is 624 g/mol. The topological polar surface area (TPSA) is 16.1 Å². The summed E-state index contributed by atoms with van der Waals surface area (Å²) in [6.45, 7) is 2.20. The van der Waals surface area contributed by atoms with E-state index < -0.39 is 0 Å². The Balaban J connectivity index is 1.49. The van der Waals surface area contributed by atoms with Crippen LogP contribution in [0.25, 0.3) is 44.1 Å². The molecule has 8 rings (SSSR count). The maximum absolute atomic E-state index is 6.30. The molecule has 0 unspecified atom stereocenters. The standard InChI is InChI=1S/C38H25ClN2Se/c1-24-17-22-34(41-32-13-4-6-15-35(32)42-36-16-7-5-14-33(36)41)38-37(24)30(23-31(40-38)26-18-20-27(39)21-19-26)29-12-8-10-25-9-2-3-11-28(25)29/h2-23H,1H3. The first kappa shape index (κ1) is 25.3. The van der Waals surface area contributed by atoms with E-state index in [1.165, 1.54) is 53.1 Å². The Bertz CT molecular complexity index is 2100. The number of anilines is 3. The molecule has 7 aromatic rings. The van der Waals surface area contributed by atoms with Crippen LogP contribution >= 0.6 is 11.6 Å². The third-order valence-corrected chi connectivity index (χ3v) is 10.7. The Labute approximate surface area is 256 Å². The molecule has 2 nitrogen and oxygen atoms in total. The van der Waals surface area contributed by atoms with Gasteiger partial charge in [0.05, 0.1) is 0 Å². The molecule has 0 spiro atoms. The molecule has 0 N–H and O–H groups in total. The van der Waals surface area contributed by atoms with Gasteiger partial charge in [0.1, 0.15) is 0 Å². The van der Waals surface area contributed by atoms with Crippen LogP contribution in [0.15, 0.2) is 133 Å². The van der Waals surface area contributed by atoms with Gasteiger partial charge in [0.2, 0.25) is 0 Å². The monoisotopic (exact) mass is 624 g/mol. The van der Waals surface area contributed by atoms with Gasteiger partial charge in [-0.2, -0.15) is 0 Å². The van der Waals surface area contributed by atoms with Crippen LogP contribution in [0.5, 0.6) is 0 Å². The fraction of sp³-hybridized carbons (Fsp3) is 0.0263. The van der Waals surface area contributed by atoms with E-state index in [9.17, 15) is 0 Å². The third kappa shape index (κ3) is 4.13. The second-order valence-electron chi connectivity index (χ2n) is 10.6. The number of pyridine rings is 1. The molecule has 0 amide bonds. The third-order valence-electron chi connectivity index (χ3n) is 8.04. The zero-order valence-corrected chi connectivity index (χ0v) is 25.4. The minimum atomic E-state index is 0.236. The molecule has 0 saturated heterocycles. The van der Waals surface area contributed by atoms with E-state index in [0.29, 0.717) is 5.02 Å². The Hall–Kier alpha value is -4.40. The fourth-order valence-electron chi connectivity index (χ4n) is 6.08. The van der Waals surface area contributed by atoms with Gasteiger partial charge in [-0.3, -0.25) is 0 Å². The first-order valence-electron chi connectivity index (χ1n) is 14.0. The van der Waals surface area contributed by atoms with Crippen molar-refractivity contribution in [3.63, 3.8) is 0 Å². The predicted octanol–water partition coefficient (Wildman–Crippen LogP) is 9.12. The van der Waals surface area contributed by atoms with Gasteiger partial charge in [0.15, 0.2) is 0 Å². The zero-order valence-electron chi connectivity index (χ0n) is 22.9. The minimum absolute atomic E-state index is 0.236. The number of rotatable bonds is 3. The van der Waals surface area contributed by atoms with Gasteiger partial charge < -0.3 is 0 Å². The van der Waals surface area contributed by atoms with Crippen LogP contribution in [0, 0.1) is 6.92 Å². The number of aryl methyl sites for hydroxylation is 1. The number of fused-ring (bicyclic) bond motifs is 4. The number of hydrogen-bond acceptors (Lipinski definition) is 2. The molecule has 1 aliphatic rings. The summed E-state index contributed by atoms with van der Waals surface area (Å²) in [5, 5.41) is 4.35. The van der Waals surface area contributed by atoms with E-state index in [1.807, 2.05) is 12.1 Å². The number of halogens is 1. The molecule has 6 aromatic carbocycles. The summed E-state index contributed by atoms with van der Waals surface area (Å²) in [5.41, 5.74) is 10.1. The van der Waals surface area contributed by atoms with Crippen molar-refractivity contribution in [3.8, 4) is 22.4 Å². The van der Waals surface area contributed by atoms with Crippen molar-refractivity contribution in [1.29, 1.82) is 0 Å². The summed E-state index contributed by atoms with van der Waals surface area (Å²) in [6.07, 6.45) is 0. The fourth-order valence-corrected chi connectivity index (χ4v) is 8.43. The quantitative estimate of drug-likeness (QED) is 0.183. The number of hydrogen-bond donors (Lipinski definition) is 0. The van der Waals surface area contributed by atoms with E-state index in [4.69, 9.17) is 16.6 Å². The molecule has 0 aliphatic carbocycles. The number of nitrogens with zero attached hydrogens (tertiary/aromatic N) is 2. The van der Waals surface area contributed by atoms with Crippen molar-refractivity contribution in [2.75, 3.05) is 4.90 Å². The van der Waals surface area contributed by atoms with Crippen LogP contribution in [0.2, 0.25) is 5.02 Å². The Morgan fingerprint density at radius 2 is 1.29 bits per heavy atom. The molecular weight excluding hydrogens is 599 g/mol. The van der Waals surface area contributed by atoms with Gasteiger partial charge in [-0.05, 0) is 0 Å². The Kier molecular flexibility index (Phi) is 6.12. The number of para-hydroxylation sites is 2. The molecular formula is C38H25ClN2Se. The van der Waals surface area contributed by atoms with Crippen LogP contribution in [0.4, 0.5) is 17.1 Å². The van der Waals surface area contributed by atoms with Crippen molar-refractivity contribution < 1.29 is 0 Å². The predicted molar refractivity (Wildman–Crippen MR) is 180 cm³/mol. The van der Waals surface area contributed by atoms with Crippen molar-refractivity contribution in [3.05, 3.63) is 144 Å². The normalized spacial score (nSPS) is 12.4. The Morgan fingerprint density at radius 3 is 2.05 bits per heavy atom. The molecule has 2 heterocycles. The van der Waals surface area contributed by atoms with Gasteiger partial charge >= 0.3 is 257 Å². The van der Waals surface area contributed by atoms with E-state index in [0.717, 1.165) is 22.5 Å². The summed E-state index contributed by atoms with van der Waals surface area (Å²) in [6, 6.07) is 47.6. The van der Waals surface area contributed by atoms with Gasteiger partial charge in [-0.25, -0.2) is 0 Å². The molecule has 0 radical (unpaired) electrons. The van der Waals surface area contributed by atoms with Crippen LogP contribution in [0.1, 0.15) is 5.56 Å². The van der Waals surface area contributed by atoms with E-state index in [2.05, 4.69) is 133 Å². The maximum atomic E-state index is 6.30. The van der Waals surface area contributed by atoms with E-state index >= 15 is 0 Å². The molecule has 0 bridgehead atoms. The molecule has 0 atom stereocenters. The zero-order chi connectivity index (χ0) is 28.2. The summed E-state index contributed by atoms with van der Waals surface area (Å²) in [7, 11) is 0. The van der Waals surface area contributed by atoms with Gasteiger partial charge in [0.25, 0.3) is 0 Å². The molecule has 1 aliphatic heterocycles.